The molecule has 0 bridgehead atoms. The highest BCUT2D eigenvalue weighted by Gasteiger charge is 2.48. The summed E-state index contributed by atoms with van der Waals surface area (Å²) in [6.45, 7) is 0.971. The molecule has 7 heteroatoms. The molecule has 7 nitrogen and oxygen atoms in total. The lowest BCUT2D eigenvalue weighted by atomic mass is 9.81. The van der Waals surface area contributed by atoms with Crippen molar-refractivity contribution in [3.63, 3.8) is 0 Å². The van der Waals surface area contributed by atoms with Crippen molar-refractivity contribution in [3.05, 3.63) is 48.0 Å². The Morgan fingerprint density at radius 3 is 2.39 bits per heavy atom. The number of fused-ring (bicyclic) bond motifs is 2. The van der Waals surface area contributed by atoms with Gasteiger partial charge in [0, 0.05) is 0 Å². The number of nitrogens with zero attached hydrogens (tertiary/aromatic N) is 1. The average molecular weight is 422 g/mol. The van der Waals surface area contributed by atoms with Gasteiger partial charge in [-0.15, -0.1) is 0 Å². The molecule has 2 aliphatic rings. The summed E-state index contributed by atoms with van der Waals surface area (Å²) in [7, 11) is 0. The maximum Gasteiger partial charge on any atom is 0.326 e. The Morgan fingerprint density at radius 1 is 1.03 bits per heavy atom. The van der Waals surface area contributed by atoms with Crippen molar-refractivity contribution in [1.82, 2.24) is 10.2 Å². The number of hydrogen-bond donors (Lipinski definition) is 1. The van der Waals surface area contributed by atoms with Crippen molar-refractivity contribution in [2.45, 2.75) is 38.6 Å². The van der Waals surface area contributed by atoms with E-state index in [4.69, 9.17) is 4.74 Å². The molecule has 0 aromatic heterocycles. The minimum Gasteiger partial charge on any atom is -0.454 e. The van der Waals surface area contributed by atoms with E-state index >= 15 is 0 Å². The van der Waals surface area contributed by atoms with E-state index in [-0.39, 0.29) is 29.7 Å². The number of imide groups is 1. The molecule has 2 fully saturated rings. The molecular weight excluding hydrogens is 396 g/mol. The van der Waals surface area contributed by atoms with Crippen LogP contribution in [0.5, 0.6) is 0 Å². The minimum absolute atomic E-state index is 0.276. The lowest BCUT2D eigenvalue weighted by Crippen LogP contribution is -2.38. The van der Waals surface area contributed by atoms with Crippen LogP contribution in [0.2, 0.25) is 0 Å². The topological polar surface area (TPSA) is 92.8 Å². The number of likely N-dealkylation sites (tertiary alicyclic amines) is 1. The lowest BCUT2D eigenvalue weighted by Gasteiger charge is -2.19. The summed E-state index contributed by atoms with van der Waals surface area (Å²) in [5, 5.41) is 4.95. The van der Waals surface area contributed by atoms with Crippen molar-refractivity contribution >= 4 is 34.5 Å². The highest BCUT2D eigenvalue weighted by atomic mass is 16.5. The molecule has 3 atom stereocenters. The van der Waals surface area contributed by atoms with Crippen LogP contribution in [0.15, 0.2) is 42.5 Å². The van der Waals surface area contributed by atoms with E-state index < -0.39 is 25.0 Å². The van der Waals surface area contributed by atoms with Crippen molar-refractivity contribution < 1.29 is 23.9 Å². The summed E-state index contributed by atoms with van der Waals surface area (Å²) >= 11 is 0. The van der Waals surface area contributed by atoms with Gasteiger partial charge in [0.1, 0.15) is 6.54 Å². The smallest absolute Gasteiger partial charge is 0.326 e. The number of nitrogens with one attached hydrogen (secondary N) is 1. The third kappa shape index (κ3) is 4.31. The molecule has 1 aliphatic carbocycles. The molecule has 162 valence electrons. The first-order chi connectivity index (χ1) is 15.0. The zero-order valence-corrected chi connectivity index (χ0v) is 17.5. The van der Waals surface area contributed by atoms with Gasteiger partial charge in [-0.2, -0.15) is 0 Å². The number of rotatable bonds is 6. The van der Waals surface area contributed by atoms with Crippen LogP contribution >= 0.6 is 0 Å². The number of carbonyl (C=O) groups excluding carboxylic acids is 4. The Balaban J connectivity index is 1.30. The molecule has 31 heavy (non-hydrogen) atoms. The lowest BCUT2D eigenvalue weighted by molar-refractivity contribution is -0.155. The van der Waals surface area contributed by atoms with Crippen LogP contribution in [0, 0.1) is 11.8 Å². The SMILES string of the molecule is C[C@@H](NC(=O)COC(=O)CN1C(=O)[C@H]2CCCC[C@@H]2C1=O)c1cccc2ccccc12. The van der Waals surface area contributed by atoms with Gasteiger partial charge in [0.2, 0.25) is 11.8 Å². The summed E-state index contributed by atoms with van der Waals surface area (Å²) in [4.78, 5) is 50.4. The first-order valence-corrected chi connectivity index (χ1v) is 10.7. The van der Waals surface area contributed by atoms with Gasteiger partial charge in [-0.25, -0.2) is 0 Å². The maximum atomic E-state index is 12.5. The van der Waals surface area contributed by atoms with Crippen LogP contribution < -0.4 is 5.32 Å². The Bertz CT molecular complexity index is 1000. The third-order valence-corrected chi connectivity index (χ3v) is 6.25. The molecule has 1 saturated heterocycles. The highest BCUT2D eigenvalue weighted by molar-refractivity contribution is 6.07. The molecule has 2 aromatic rings. The summed E-state index contributed by atoms with van der Waals surface area (Å²) in [5.74, 6) is -2.39. The number of benzene rings is 2. The first kappa shape index (κ1) is 21.0. The molecule has 1 heterocycles. The Hall–Kier alpha value is -3.22. The molecule has 2 aromatic carbocycles. The largest absolute Gasteiger partial charge is 0.454 e. The van der Waals surface area contributed by atoms with Gasteiger partial charge in [-0.3, -0.25) is 24.1 Å². The van der Waals surface area contributed by atoms with Crippen LogP contribution in [-0.2, 0) is 23.9 Å². The molecule has 3 amide bonds. The molecule has 0 spiro atoms. The van der Waals surface area contributed by atoms with Gasteiger partial charge in [-0.05, 0) is 36.1 Å². The second-order valence-electron chi connectivity index (χ2n) is 8.28. The molecule has 0 radical (unpaired) electrons. The molecule has 1 saturated carbocycles. The fraction of sp³-hybridized carbons (Fsp3) is 0.417. The second-order valence-corrected chi connectivity index (χ2v) is 8.28. The van der Waals surface area contributed by atoms with Crippen molar-refractivity contribution in [1.29, 1.82) is 0 Å². The second kappa shape index (κ2) is 8.88. The first-order valence-electron chi connectivity index (χ1n) is 10.7. The number of carbonyl (C=O) groups is 4. The van der Waals surface area contributed by atoms with E-state index in [0.29, 0.717) is 12.8 Å². The normalized spacial score (nSPS) is 21.6. The quantitative estimate of drug-likeness (QED) is 0.571. The van der Waals surface area contributed by atoms with Crippen molar-refractivity contribution in [2.75, 3.05) is 13.2 Å². The zero-order valence-electron chi connectivity index (χ0n) is 17.5. The average Bonchev–Trinajstić information content (AvgIpc) is 3.02. The predicted octanol–water partition coefficient (Wildman–Crippen LogP) is 2.74. The van der Waals surface area contributed by atoms with Crippen LogP contribution in [0.1, 0.15) is 44.2 Å². The summed E-state index contributed by atoms with van der Waals surface area (Å²) in [6.07, 6.45) is 3.23. The number of esters is 1. The van der Waals surface area contributed by atoms with E-state index in [1.54, 1.807) is 0 Å². The summed E-state index contributed by atoms with van der Waals surface area (Å²) in [5.41, 5.74) is 0.966. The van der Waals surface area contributed by atoms with Crippen molar-refractivity contribution in [2.24, 2.45) is 11.8 Å². The zero-order chi connectivity index (χ0) is 22.0. The van der Waals surface area contributed by atoms with Gasteiger partial charge in [0.05, 0.1) is 17.9 Å². The standard InChI is InChI=1S/C24H26N2O5/c1-15(17-12-6-8-16-7-2-3-9-18(16)17)25-21(27)14-31-22(28)13-26-23(29)19-10-4-5-11-20(19)24(26)30/h2-3,6-9,12,15,19-20H,4-5,10-11,13-14H2,1H3,(H,25,27)/t15-,19+,20+/m1/s1. The van der Waals surface area contributed by atoms with Crippen LogP contribution in [0.25, 0.3) is 10.8 Å². The Labute approximate surface area is 180 Å². The van der Waals surface area contributed by atoms with E-state index in [9.17, 15) is 19.2 Å². The molecular formula is C24H26N2O5. The van der Waals surface area contributed by atoms with Gasteiger partial charge in [-0.1, -0.05) is 55.3 Å². The minimum atomic E-state index is -0.756. The van der Waals surface area contributed by atoms with Crippen LogP contribution in [0.3, 0.4) is 0 Å². The third-order valence-electron chi connectivity index (χ3n) is 6.25. The molecule has 4 rings (SSSR count). The number of hydrogen-bond acceptors (Lipinski definition) is 5. The predicted molar refractivity (Wildman–Crippen MR) is 114 cm³/mol. The van der Waals surface area contributed by atoms with E-state index in [2.05, 4.69) is 5.32 Å². The Morgan fingerprint density at radius 2 is 1.68 bits per heavy atom. The summed E-state index contributed by atoms with van der Waals surface area (Å²) < 4.78 is 5.04. The van der Waals surface area contributed by atoms with E-state index in [1.165, 1.54) is 0 Å². The molecule has 0 unspecified atom stereocenters. The number of ether oxygens (including phenoxy) is 1. The van der Waals surface area contributed by atoms with E-state index in [0.717, 1.165) is 34.1 Å². The number of amides is 3. The molecule has 1 N–H and O–H groups in total. The fourth-order valence-electron chi connectivity index (χ4n) is 4.70. The summed E-state index contributed by atoms with van der Waals surface area (Å²) in [6, 6.07) is 13.5. The van der Waals surface area contributed by atoms with Gasteiger partial charge in [0.25, 0.3) is 5.91 Å². The highest BCUT2D eigenvalue weighted by Crippen LogP contribution is 2.37. The van der Waals surface area contributed by atoms with Crippen LogP contribution in [-0.4, -0.2) is 41.7 Å². The fourth-order valence-corrected chi connectivity index (χ4v) is 4.70. The maximum absolute atomic E-state index is 12.5. The Kier molecular flexibility index (Phi) is 6.02. The van der Waals surface area contributed by atoms with Gasteiger partial charge in [0.15, 0.2) is 6.61 Å². The monoisotopic (exact) mass is 422 g/mol. The van der Waals surface area contributed by atoms with E-state index in [1.807, 2.05) is 49.4 Å². The molecule has 1 aliphatic heterocycles. The van der Waals surface area contributed by atoms with Crippen LogP contribution in [0.4, 0.5) is 0 Å². The van der Waals surface area contributed by atoms with Crippen molar-refractivity contribution in [3.8, 4) is 0 Å². The van der Waals surface area contributed by atoms with Gasteiger partial charge >= 0.3 is 5.97 Å². The van der Waals surface area contributed by atoms with Gasteiger partial charge < -0.3 is 10.1 Å².